The second kappa shape index (κ2) is 4.79. The van der Waals surface area contributed by atoms with Crippen LogP contribution in [0.2, 0.25) is 0 Å². The van der Waals surface area contributed by atoms with Gasteiger partial charge in [-0.1, -0.05) is 5.16 Å². The number of nitrogens with two attached hydrogens (primary N) is 1. The van der Waals surface area contributed by atoms with Crippen molar-refractivity contribution in [3.8, 4) is 0 Å². The zero-order chi connectivity index (χ0) is 13.6. The molecule has 1 aromatic rings. The van der Waals surface area contributed by atoms with Gasteiger partial charge in [-0.25, -0.2) is 0 Å². The molecule has 6 heteroatoms. The first-order valence-electron chi connectivity index (χ1n) is 7.58. The Morgan fingerprint density at radius 1 is 1.25 bits per heavy atom. The van der Waals surface area contributed by atoms with Gasteiger partial charge in [-0.3, -0.25) is 0 Å². The Bertz CT molecular complexity index is 484. The maximum atomic E-state index is 5.99. The first-order valence-corrected chi connectivity index (χ1v) is 7.58. The van der Waals surface area contributed by atoms with E-state index in [1.54, 1.807) is 0 Å². The minimum absolute atomic E-state index is 0.192. The largest absolute Gasteiger partial charge is 0.381 e. The third kappa shape index (κ3) is 1.89. The van der Waals surface area contributed by atoms with E-state index in [0.717, 1.165) is 31.5 Å². The number of rotatable bonds is 3. The maximum Gasteiger partial charge on any atom is 0.234 e. The Morgan fingerprint density at radius 2 is 2.10 bits per heavy atom. The molecule has 2 bridgehead atoms. The lowest BCUT2D eigenvalue weighted by atomic mass is 9.80. The zero-order valence-electron chi connectivity index (χ0n) is 11.6. The van der Waals surface area contributed by atoms with Crippen LogP contribution in [0.4, 0.5) is 0 Å². The Labute approximate surface area is 118 Å². The fraction of sp³-hybridized carbons (Fsp3) is 0.857. The van der Waals surface area contributed by atoms with E-state index in [0.29, 0.717) is 37.7 Å². The first-order chi connectivity index (χ1) is 9.81. The number of hydrogen-bond donors (Lipinski definition) is 1. The van der Waals surface area contributed by atoms with Gasteiger partial charge < -0.3 is 19.7 Å². The summed E-state index contributed by atoms with van der Waals surface area (Å²) >= 11 is 0. The highest BCUT2D eigenvalue weighted by molar-refractivity contribution is 5.12. The first kappa shape index (κ1) is 12.7. The molecule has 0 saturated carbocycles. The third-order valence-electron chi connectivity index (χ3n) is 5.17. The van der Waals surface area contributed by atoms with Crippen LogP contribution in [0.5, 0.6) is 0 Å². The van der Waals surface area contributed by atoms with Crippen LogP contribution >= 0.6 is 0 Å². The number of aromatic nitrogens is 2. The van der Waals surface area contributed by atoms with Gasteiger partial charge >= 0.3 is 0 Å². The van der Waals surface area contributed by atoms with E-state index in [1.807, 2.05) is 0 Å². The van der Waals surface area contributed by atoms with Crippen molar-refractivity contribution < 1.29 is 14.0 Å². The molecule has 0 aliphatic carbocycles. The minimum Gasteiger partial charge on any atom is -0.381 e. The molecule has 3 unspecified atom stereocenters. The van der Waals surface area contributed by atoms with Gasteiger partial charge in [0.05, 0.1) is 23.5 Å². The summed E-state index contributed by atoms with van der Waals surface area (Å²) in [5.41, 5.74) is 5.79. The number of nitrogens with zero attached hydrogens (tertiary/aromatic N) is 2. The lowest BCUT2D eigenvalue weighted by Gasteiger charge is -2.32. The van der Waals surface area contributed by atoms with Crippen LogP contribution in [0.1, 0.15) is 49.7 Å². The fourth-order valence-corrected chi connectivity index (χ4v) is 3.78. The molecule has 0 aromatic carbocycles. The normalized spacial score (nSPS) is 35.5. The van der Waals surface area contributed by atoms with Crippen molar-refractivity contribution in [2.75, 3.05) is 19.8 Å². The summed E-state index contributed by atoms with van der Waals surface area (Å²) in [6.07, 6.45) is 5.73. The smallest absolute Gasteiger partial charge is 0.234 e. The molecule has 4 heterocycles. The van der Waals surface area contributed by atoms with Gasteiger partial charge in [0, 0.05) is 19.8 Å². The minimum atomic E-state index is -0.192. The van der Waals surface area contributed by atoms with Gasteiger partial charge in [-0.05, 0) is 32.1 Å². The molecule has 3 aliphatic rings. The predicted molar refractivity (Wildman–Crippen MR) is 70.3 cm³/mol. The fourth-order valence-electron chi connectivity index (χ4n) is 3.78. The van der Waals surface area contributed by atoms with Crippen LogP contribution in [-0.4, -0.2) is 42.1 Å². The van der Waals surface area contributed by atoms with E-state index in [4.69, 9.17) is 19.7 Å². The summed E-state index contributed by atoms with van der Waals surface area (Å²) in [5.74, 6) is 1.81. The van der Waals surface area contributed by atoms with Gasteiger partial charge in [-0.15, -0.1) is 0 Å². The van der Waals surface area contributed by atoms with Crippen molar-refractivity contribution >= 4 is 0 Å². The predicted octanol–water partition coefficient (Wildman–Crippen LogP) is 1.11. The van der Waals surface area contributed by atoms with E-state index in [2.05, 4.69) is 10.1 Å². The quantitative estimate of drug-likeness (QED) is 0.892. The van der Waals surface area contributed by atoms with Crippen LogP contribution in [-0.2, 0) is 14.9 Å². The molecule has 0 amide bonds. The van der Waals surface area contributed by atoms with Gasteiger partial charge in [0.25, 0.3) is 0 Å². The van der Waals surface area contributed by atoms with Gasteiger partial charge in [-0.2, -0.15) is 4.98 Å². The summed E-state index contributed by atoms with van der Waals surface area (Å²) < 4.78 is 16.9. The molecule has 2 N–H and O–H groups in total. The van der Waals surface area contributed by atoms with Crippen molar-refractivity contribution in [3.63, 3.8) is 0 Å². The molecule has 3 fully saturated rings. The van der Waals surface area contributed by atoms with Crippen LogP contribution in [0.25, 0.3) is 0 Å². The summed E-state index contributed by atoms with van der Waals surface area (Å²) in [6, 6.07) is 0. The molecule has 110 valence electrons. The van der Waals surface area contributed by atoms with E-state index in [9.17, 15) is 0 Å². The van der Waals surface area contributed by atoms with E-state index >= 15 is 0 Å². The Morgan fingerprint density at radius 3 is 2.75 bits per heavy atom. The number of ether oxygens (including phenoxy) is 2. The Hall–Kier alpha value is -0.980. The van der Waals surface area contributed by atoms with Gasteiger partial charge in [0.2, 0.25) is 5.89 Å². The molecule has 0 radical (unpaired) electrons. The van der Waals surface area contributed by atoms with E-state index in [1.165, 1.54) is 6.42 Å². The molecule has 1 aromatic heterocycles. The van der Waals surface area contributed by atoms with Crippen LogP contribution in [0.15, 0.2) is 4.52 Å². The zero-order valence-corrected chi connectivity index (χ0v) is 11.6. The molecule has 0 spiro atoms. The average Bonchev–Trinajstić information content (AvgIpc) is 3.23. The average molecular weight is 279 g/mol. The van der Waals surface area contributed by atoms with Crippen molar-refractivity contribution in [3.05, 3.63) is 11.7 Å². The highest BCUT2D eigenvalue weighted by Crippen LogP contribution is 2.44. The summed E-state index contributed by atoms with van der Waals surface area (Å²) in [4.78, 5) is 4.68. The highest BCUT2D eigenvalue weighted by atomic mass is 16.5. The molecular weight excluding hydrogens is 258 g/mol. The summed E-state index contributed by atoms with van der Waals surface area (Å²) in [6.45, 7) is 1.96. The lowest BCUT2D eigenvalue weighted by molar-refractivity contribution is 0.0409. The molecular formula is C14H21N3O3. The van der Waals surface area contributed by atoms with Crippen molar-refractivity contribution in [1.29, 1.82) is 0 Å². The van der Waals surface area contributed by atoms with Crippen LogP contribution in [0.3, 0.4) is 0 Å². The molecule has 3 saturated heterocycles. The third-order valence-corrected chi connectivity index (χ3v) is 5.17. The summed E-state index contributed by atoms with van der Waals surface area (Å²) in [7, 11) is 0. The van der Waals surface area contributed by atoms with E-state index in [-0.39, 0.29) is 11.5 Å². The topological polar surface area (TPSA) is 83.4 Å². The van der Waals surface area contributed by atoms with Crippen LogP contribution < -0.4 is 5.73 Å². The number of fused-ring (bicyclic) bond motifs is 2. The van der Waals surface area contributed by atoms with Gasteiger partial charge in [0.15, 0.2) is 5.82 Å². The molecule has 3 atom stereocenters. The second-order valence-electron chi connectivity index (χ2n) is 6.27. The van der Waals surface area contributed by atoms with E-state index < -0.39 is 0 Å². The molecule has 6 nitrogen and oxygen atoms in total. The van der Waals surface area contributed by atoms with Gasteiger partial charge in [0.1, 0.15) is 0 Å². The molecule has 3 aliphatic heterocycles. The lowest BCUT2D eigenvalue weighted by Crippen LogP contribution is -2.41. The SMILES string of the molecule is NCC1(c2nc(C3CC4CCC3O4)no2)CCOCC1. The maximum absolute atomic E-state index is 5.99. The summed E-state index contributed by atoms with van der Waals surface area (Å²) in [5, 5.41) is 4.22. The standard InChI is InChI=1S/C14H21N3O3/c15-8-14(3-5-18-6-4-14)13-16-12(17-20-13)10-7-9-1-2-11(10)19-9/h9-11H,1-8,15H2. The Balaban J connectivity index is 1.58. The molecule has 4 rings (SSSR count). The molecule has 20 heavy (non-hydrogen) atoms. The Kier molecular flexibility index (Phi) is 3.05. The van der Waals surface area contributed by atoms with Crippen molar-refractivity contribution in [2.45, 2.75) is 55.6 Å². The second-order valence-corrected chi connectivity index (χ2v) is 6.27. The highest BCUT2D eigenvalue weighted by Gasteiger charge is 2.45. The monoisotopic (exact) mass is 279 g/mol. The van der Waals surface area contributed by atoms with Crippen LogP contribution in [0, 0.1) is 0 Å². The van der Waals surface area contributed by atoms with Crippen molar-refractivity contribution in [2.24, 2.45) is 5.73 Å². The van der Waals surface area contributed by atoms with Crippen molar-refractivity contribution in [1.82, 2.24) is 10.1 Å². The number of hydrogen-bond acceptors (Lipinski definition) is 6.